The molecule has 3 aromatic heterocycles. The van der Waals surface area contributed by atoms with E-state index in [1.54, 1.807) is 0 Å². The third kappa shape index (κ3) is 3.73. The number of nitrogens with zero attached hydrogens (tertiary/aromatic N) is 3. The molecule has 0 bridgehead atoms. The fraction of sp³-hybridized carbons (Fsp3) is 0. The number of pyridine rings is 1. The summed E-state index contributed by atoms with van der Waals surface area (Å²) in [5.41, 5.74) is 10.3. The largest absolute Gasteiger partial charge is 0.309 e. The number of para-hydroxylation sites is 2. The zero-order valence-corrected chi connectivity index (χ0v) is 23.9. The lowest BCUT2D eigenvalue weighted by Gasteiger charge is -2.11. The van der Waals surface area contributed by atoms with Gasteiger partial charge in [-0.3, -0.25) is 4.57 Å². The smallest absolute Gasteiger partial charge is 0.138 e. The molecule has 0 N–H and O–H groups in total. The van der Waals surface area contributed by atoms with E-state index < -0.39 is 0 Å². The molecule has 0 unspecified atom stereocenters. The van der Waals surface area contributed by atoms with Gasteiger partial charge in [0.25, 0.3) is 0 Å². The van der Waals surface area contributed by atoms with Gasteiger partial charge in [-0.1, -0.05) is 121 Å². The topological polar surface area (TPSA) is 22.8 Å². The Morgan fingerprint density at radius 3 is 1.82 bits per heavy atom. The Morgan fingerprint density at radius 2 is 1.02 bits per heavy atom. The van der Waals surface area contributed by atoms with Crippen LogP contribution < -0.4 is 0 Å². The molecule has 44 heavy (non-hydrogen) atoms. The summed E-state index contributed by atoms with van der Waals surface area (Å²) in [6.07, 6.45) is 0. The van der Waals surface area contributed by atoms with Crippen LogP contribution in [0.25, 0.3) is 77.5 Å². The Hall–Kier alpha value is -5.93. The first-order valence-corrected chi connectivity index (χ1v) is 15.0. The molecule has 0 fully saturated rings. The summed E-state index contributed by atoms with van der Waals surface area (Å²) in [5.74, 6) is 0.910. The predicted octanol–water partition coefficient (Wildman–Crippen LogP) is 10.6. The standard InChI is InChI=1S/C41H27N3/c1-3-13-28(14-4-1)30-17-11-18-31(27-30)43-37-23-10-8-20-34(37)40-38(43)26-25-33-32-19-7-9-22-36(32)44(41(33)40)39-24-12-21-35(42-39)29-15-5-2-6-16-29/h1-27H. The summed E-state index contributed by atoms with van der Waals surface area (Å²) < 4.78 is 4.77. The van der Waals surface area contributed by atoms with E-state index in [4.69, 9.17) is 4.98 Å². The molecule has 9 aromatic rings. The zero-order valence-electron chi connectivity index (χ0n) is 23.9. The third-order valence-electron chi connectivity index (χ3n) is 8.71. The van der Waals surface area contributed by atoms with Crippen molar-refractivity contribution in [3.63, 3.8) is 0 Å². The molecule has 0 saturated carbocycles. The van der Waals surface area contributed by atoms with E-state index in [0.717, 1.165) is 28.3 Å². The number of aromatic nitrogens is 3. The van der Waals surface area contributed by atoms with Gasteiger partial charge in [0, 0.05) is 32.8 Å². The average molecular weight is 562 g/mol. The van der Waals surface area contributed by atoms with Gasteiger partial charge in [0.1, 0.15) is 5.82 Å². The zero-order chi connectivity index (χ0) is 29.0. The molecule has 6 aromatic carbocycles. The van der Waals surface area contributed by atoms with Crippen LogP contribution in [0.15, 0.2) is 164 Å². The van der Waals surface area contributed by atoms with Crippen molar-refractivity contribution in [2.24, 2.45) is 0 Å². The molecular formula is C41H27N3. The van der Waals surface area contributed by atoms with Gasteiger partial charge in [-0.2, -0.15) is 0 Å². The van der Waals surface area contributed by atoms with E-state index in [2.05, 4.69) is 167 Å². The lowest BCUT2D eigenvalue weighted by molar-refractivity contribution is 1.09. The number of hydrogen-bond acceptors (Lipinski definition) is 1. The van der Waals surface area contributed by atoms with Crippen molar-refractivity contribution in [2.75, 3.05) is 0 Å². The maximum absolute atomic E-state index is 5.24. The highest BCUT2D eigenvalue weighted by Crippen LogP contribution is 2.42. The number of hydrogen-bond donors (Lipinski definition) is 0. The molecule has 0 radical (unpaired) electrons. The molecule has 0 aliphatic rings. The highest BCUT2D eigenvalue weighted by molar-refractivity contribution is 6.26. The Morgan fingerprint density at radius 1 is 0.386 bits per heavy atom. The van der Waals surface area contributed by atoms with Crippen LogP contribution in [0, 0.1) is 0 Å². The van der Waals surface area contributed by atoms with Crippen molar-refractivity contribution in [3.8, 4) is 33.9 Å². The van der Waals surface area contributed by atoms with Gasteiger partial charge in [0.15, 0.2) is 0 Å². The quantitative estimate of drug-likeness (QED) is 0.210. The SMILES string of the molecule is c1ccc(-c2cccc(-n3c4ccccc4c4c3ccc3c5ccccc5n(-c5cccc(-c6ccccc6)n5)c34)c2)cc1. The first-order chi connectivity index (χ1) is 21.8. The fourth-order valence-corrected chi connectivity index (χ4v) is 6.80. The molecule has 206 valence electrons. The summed E-state index contributed by atoms with van der Waals surface area (Å²) in [4.78, 5) is 5.24. The van der Waals surface area contributed by atoms with Crippen molar-refractivity contribution in [3.05, 3.63) is 164 Å². The Labute approximate surface area is 254 Å². The molecule has 3 heterocycles. The van der Waals surface area contributed by atoms with Crippen LogP contribution in [0.3, 0.4) is 0 Å². The first-order valence-electron chi connectivity index (χ1n) is 15.0. The third-order valence-corrected chi connectivity index (χ3v) is 8.71. The van der Waals surface area contributed by atoms with Gasteiger partial charge in [-0.25, -0.2) is 4.98 Å². The minimum Gasteiger partial charge on any atom is -0.309 e. The van der Waals surface area contributed by atoms with E-state index in [1.807, 2.05) is 6.07 Å². The lowest BCUT2D eigenvalue weighted by atomic mass is 10.1. The average Bonchev–Trinajstić information content (AvgIpc) is 3.62. The number of benzene rings is 6. The van der Waals surface area contributed by atoms with E-state index in [0.29, 0.717) is 0 Å². The Bertz CT molecular complexity index is 2480. The van der Waals surface area contributed by atoms with Crippen molar-refractivity contribution >= 4 is 43.6 Å². The van der Waals surface area contributed by atoms with E-state index in [-0.39, 0.29) is 0 Å². The molecule has 3 nitrogen and oxygen atoms in total. The van der Waals surface area contributed by atoms with Gasteiger partial charge in [-0.05, 0) is 53.6 Å². The Balaban J connectivity index is 1.39. The van der Waals surface area contributed by atoms with Crippen LogP contribution in [0.2, 0.25) is 0 Å². The fourth-order valence-electron chi connectivity index (χ4n) is 6.80. The summed E-state index contributed by atoms with van der Waals surface area (Å²) >= 11 is 0. The van der Waals surface area contributed by atoms with Gasteiger partial charge < -0.3 is 4.57 Å². The number of rotatable bonds is 4. The van der Waals surface area contributed by atoms with Gasteiger partial charge in [0.2, 0.25) is 0 Å². The first kappa shape index (κ1) is 24.6. The molecule has 0 amide bonds. The van der Waals surface area contributed by atoms with Crippen LogP contribution in [0.5, 0.6) is 0 Å². The lowest BCUT2D eigenvalue weighted by Crippen LogP contribution is -1.99. The molecule has 0 aliphatic carbocycles. The minimum atomic E-state index is 0.910. The monoisotopic (exact) mass is 561 g/mol. The maximum Gasteiger partial charge on any atom is 0.138 e. The Kier molecular flexibility index (Phi) is 5.50. The van der Waals surface area contributed by atoms with Crippen LogP contribution >= 0.6 is 0 Å². The van der Waals surface area contributed by atoms with Crippen LogP contribution in [0.1, 0.15) is 0 Å². The number of fused-ring (bicyclic) bond motifs is 7. The normalized spacial score (nSPS) is 11.6. The van der Waals surface area contributed by atoms with Crippen molar-refractivity contribution in [2.45, 2.75) is 0 Å². The second-order valence-corrected chi connectivity index (χ2v) is 11.2. The maximum atomic E-state index is 5.24. The van der Waals surface area contributed by atoms with Gasteiger partial charge in [-0.15, -0.1) is 0 Å². The molecule has 0 atom stereocenters. The molecule has 0 aliphatic heterocycles. The molecule has 9 rings (SSSR count). The highest BCUT2D eigenvalue weighted by Gasteiger charge is 2.21. The summed E-state index contributed by atoms with van der Waals surface area (Å²) in [6.45, 7) is 0. The summed E-state index contributed by atoms with van der Waals surface area (Å²) in [6, 6.07) is 58.2. The van der Waals surface area contributed by atoms with Crippen LogP contribution in [-0.4, -0.2) is 14.1 Å². The minimum absolute atomic E-state index is 0.910. The van der Waals surface area contributed by atoms with E-state index >= 15 is 0 Å². The second kappa shape index (κ2) is 9.82. The van der Waals surface area contributed by atoms with E-state index in [9.17, 15) is 0 Å². The van der Waals surface area contributed by atoms with Gasteiger partial charge in [0.05, 0.1) is 27.8 Å². The summed E-state index contributed by atoms with van der Waals surface area (Å²) in [7, 11) is 0. The van der Waals surface area contributed by atoms with Gasteiger partial charge >= 0.3 is 0 Å². The predicted molar refractivity (Wildman–Crippen MR) is 184 cm³/mol. The molecule has 0 saturated heterocycles. The van der Waals surface area contributed by atoms with Crippen LogP contribution in [-0.2, 0) is 0 Å². The second-order valence-electron chi connectivity index (χ2n) is 11.2. The molecule has 3 heteroatoms. The van der Waals surface area contributed by atoms with Crippen molar-refractivity contribution in [1.29, 1.82) is 0 Å². The molecular weight excluding hydrogens is 534 g/mol. The molecule has 0 spiro atoms. The summed E-state index contributed by atoms with van der Waals surface area (Å²) in [5, 5.41) is 4.90. The van der Waals surface area contributed by atoms with Crippen molar-refractivity contribution in [1.82, 2.24) is 14.1 Å². The van der Waals surface area contributed by atoms with E-state index in [1.165, 1.54) is 49.2 Å². The highest BCUT2D eigenvalue weighted by atomic mass is 15.1. The van der Waals surface area contributed by atoms with Crippen LogP contribution in [0.4, 0.5) is 0 Å². The van der Waals surface area contributed by atoms with Crippen molar-refractivity contribution < 1.29 is 0 Å².